The number of hydrogen-bond donors (Lipinski definition) is 1. The van der Waals surface area contributed by atoms with Gasteiger partial charge < -0.3 is 19.5 Å². The number of carbonyl (C=O) groups excluding carboxylic acids is 2. The van der Waals surface area contributed by atoms with Crippen molar-refractivity contribution >= 4 is 11.8 Å². The Balaban J connectivity index is 1.98. The molecule has 7 heteroatoms. The highest BCUT2D eigenvalue weighted by molar-refractivity contribution is 5.99. The van der Waals surface area contributed by atoms with E-state index in [-0.39, 0.29) is 17.0 Å². The van der Waals surface area contributed by atoms with Crippen molar-refractivity contribution in [1.82, 2.24) is 14.8 Å². The van der Waals surface area contributed by atoms with Gasteiger partial charge >= 0.3 is 0 Å². The fourth-order valence-electron chi connectivity index (χ4n) is 4.18. The van der Waals surface area contributed by atoms with Gasteiger partial charge in [0.15, 0.2) is 0 Å². The first-order chi connectivity index (χ1) is 15.8. The summed E-state index contributed by atoms with van der Waals surface area (Å²) in [5.74, 6) is 0.771. The number of ether oxygens (including phenoxy) is 1. The molecule has 178 valence electrons. The lowest BCUT2D eigenvalue weighted by atomic mass is 9.99. The number of likely N-dealkylation sites (tertiary alicyclic amines) is 1. The van der Waals surface area contributed by atoms with Crippen molar-refractivity contribution in [1.29, 1.82) is 0 Å². The first-order valence-corrected chi connectivity index (χ1v) is 11.7. The Bertz CT molecular complexity index is 1040. The number of carbonyl (C=O) groups is 2. The summed E-state index contributed by atoms with van der Waals surface area (Å²) in [6.45, 7) is 8.35. The number of methoxy groups -OCH3 is 1. The van der Waals surface area contributed by atoms with Crippen molar-refractivity contribution in [3.05, 3.63) is 63.6 Å². The predicted molar refractivity (Wildman–Crippen MR) is 129 cm³/mol. The lowest BCUT2D eigenvalue weighted by molar-refractivity contribution is 0.0680. The molecule has 1 aliphatic rings. The smallest absolute Gasteiger partial charge is 0.259 e. The molecule has 1 N–H and O–H groups in total. The van der Waals surface area contributed by atoms with Gasteiger partial charge in [0.05, 0.1) is 13.7 Å². The monoisotopic (exact) mass is 453 g/mol. The number of rotatable bonds is 8. The van der Waals surface area contributed by atoms with Gasteiger partial charge in [-0.15, -0.1) is 0 Å². The number of piperidine rings is 1. The van der Waals surface area contributed by atoms with Gasteiger partial charge in [-0.2, -0.15) is 0 Å². The number of benzene rings is 1. The highest BCUT2D eigenvalue weighted by Gasteiger charge is 2.26. The lowest BCUT2D eigenvalue weighted by Gasteiger charge is -2.31. The third-order valence-electron chi connectivity index (χ3n) is 6.05. The molecule has 1 aromatic carbocycles. The second-order valence-corrected chi connectivity index (χ2v) is 9.34. The molecular weight excluding hydrogens is 418 g/mol. The minimum absolute atomic E-state index is 0.00966. The Morgan fingerprint density at radius 1 is 1.18 bits per heavy atom. The Labute approximate surface area is 195 Å². The maximum absolute atomic E-state index is 13.3. The molecular formula is C26H35N3O4. The molecule has 1 saturated heterocycles. The van der Waals surface area contributed by atoms with Gasteiger partial charge in [0.25, 0.3) is 11.8 Å². The van der Waals surface area contributed by atoms with Gasteiger partial charge in [-0.1, -0.05) is 39.0 Å². The van der Waals surface area contributed by atoms with Crippen LogP contribution in [0.1, 0.15) is 66.3 Å². The number of para-hydroxylation sites is 1. The van der Waals surface area contributed by atoms with E-state index < -0.39 is 11.3 Å². The SMILES string of the molecule is COc1ccccc1Cn1cc(C(=O)NCCC(C)C)c(=O)c(C(=O)N2CCCC(C)C2)c1. The largest absolute Gasteiger partial charge is 0.496 e. The minimum Gasteiger partial charge on any atom is -0.496 e. The molecule has 3 rings (SSSR count). The molecule has 1 unspecified atom stereocenters. The number of pyridine rings is 1. The van der Waals surface area contributed by atoms with Gasteiger partial charge in [-0.05, 0) is 37.2 Å². The molecule has 0 saturated carbocycles. The molecule has 0 spiro atoms. The second kappa shape index (κ2) is 11.2. The van der Waals surface area contributed by atoms with Crippen LogP contribution in [0.2, 0.25) is 0 Å². The van der Waals surface area contributed by atoms with Crippen LogP contribution in [-0.2, 0) is 6.54 Å². The fourth-order valence-corrected chi connectivity index (χ4v) is 4.18. The summed E-state index contributed by atoms with van der Waals surface area (Å²) >= 11 is 0. The average Bonchev–Trinajstić information content (AvgIpc) is 2.79. The maximum Gasteiger partial charge on any atom is 0.259 e. The molecule has 1 atom stereocenters. The summed E-state index contributed by atoms with van der Waals surface area (Å²) in [5, 5.41) is 2.84. The van der Waals surface area contributed by atoms with E-state index in [0.29, 0.717) is 43.8 Å². The molecule has 2 aromatic rings. The van der Waals surface area contributed by atoms with Crippen LogP contribution >= 0.6 is 0 Å². The van der Waals surface area contributed by atoms with Crippen LogP contribution in [0.25, 0.3) is 0 Å². The summed E-state index contributed by atoms with van der Waals surface area (Å²) in [4.78, 5) is 41.2. The predicted octanol–water partition coefficient (Wildman–Crippen LogP) is 3.55. The van der Waals surface area contributed by atoms with Crippen LogP contribution in [0.15, 0.2) is 41.5 Å². The molecule has 0 aliphatic carbocycles. The van der Waals surface area contributed by atoms with E-state index in [4.69, 9.17) is 4.74 Å². The summed E-state index contributed by atoms with van der Waals surface area (Å²) < 4.78 is 7.18. The number of nitrogens with zero attached hydrogens (tertiary/aromatic N) is 2. The molecule has 0 bridgehead atoms. The number of nitrogens with one attached hydrogen (secondary N) is 1. The molecule has 7 nitrogen and oxygen atoms in total. The van der Waals surface area contributed by atoms with E-state index in [9.17, 15) is 14.4 Å². The zero-order valence-corrected chi connectivity index (χ0v) is 20.1. The second-order valence-electron chi connectivity index (χ2n) is 9.34. The van der Waals surface area contributed by atoms with E-state index >= 15 is 0 Å². The minimum atomic E-state index is -0.517. The molecule has 1 aromatic heterocycles. The Morgan fingerprint density at radius 3 is 2.61 bits per heavy atom. The van der Waals surface area contributed by atoms with Crippen molar-refractivity contribution in [3.8, 4) is 5.75 Å². The van der Waals surface area contributed by atoms with Crippen LogP contribution in [0.5, 0.6) is 5.75 Å². The quantitative estimate of drug-likeness (QED) is 0.663. The van der Waals surface area contributed by atoms with E-state index in [1.165, 1.54) is 6.20 Å². The van der Waals surface area contributed by atoms with Crippen molar-refractivity contribution in [3.63, 3.8) is 0 Å². The lowest BCUT2D eigenvalue weighted by Crippen LogP contribution is -2.42. The van der Waals surface area contributed by atoms with Gasteiger partial charge in [0.1, 0.15) is 16.9 Å². The Kier molecular flexibility index (Phi) is 8.31. The normalized spacial score (nSPS) is 16.0. The van der Waals surface area contributed by atoms with Crippen LogP contribution in [-0.4, -0.2) is 48.0 Å². The Morgan fingerprint density at radius 2 is 1.91 bits per heavy atom. The zero-order valence-electron chi connectivity index (χ0n) is 20.1. The van der Waals surface area contributed by atoms with Crippen LogP contribution in [0, 0.1) is 11.8 Å². The van der Waals surface area contributed by atoms with Crippen molar-refractivity contribution in [2.75, 3.05) is 26.7 Å². The van der Waals surface area contributed by atoms with Crippen molar-refractivity contribution in [2.24, 2.45) is 11.8 Å². The van der Waals surface area contributed by atoms with E-state index in [1.54, 1.807) is 22.8 Å². The highest BCUT2D eigenvalue weighted by Crippen LogP contribution is 2.20. The molecule has 1 fully saturated rings. The van der Waals surface area contributed by atoms with Gasteiger partial charge in [-0.3, -0.25) is 14.4 Å². The third-order valence-corrected chi connectivity index (χ3v) is 6.05. The number of aromatic nitrogens is 1. The van der Waals surface area contributed by atoms with E-state index in [0.717, 1.165) is 24.8 Å². The van der Waals surface area contributed by atoms with Gasteiger partial charge in [0.2, 0.25) is 5.43 Å². The van der Waals surface area contributed by atoms with E-state index in [1.807, 2.05) is 24.3 Å². The maximum atomic E-state index is 13.3. The van der Waals surface area contributed by atoms with Crippen molar-refractivity contribution in [2.45, 2.75) is 46.6 Å². The fraction of sp³-hybridized carbons (Fsp3) is 0.500. The first-order valence-electron chi connectivity index (χ1n) is 11.7. The van der Waals surface area contributed by atoms with Crippen LogP contribution in [0.3, 0.4) is 0 Å². The molecule has 2 heterocycles. The van der Waals surface area contributed by atoms with Gasteiger partial charge in [-0.25, -0.2) is 0 Å². The molecule has 0 radical (unpaired) electrons. The standard InChI is InChI=1S/C26H35N3O4/c1-18(2)11-12-27-25(31)21-16-28(15-20-9-5-6-10-23(20)33-4)17-22(24(21)30)26(32)29-13-7-8-19(3)14-29/h5-6,9-10,16-19H,7-8,11-15H2,1-4H3,(H,27,31). The van der Waals surface area contributed by atoms with Gasteiger partial charge in [0, 0.05) is 37.6 Å². The van der Waals surface area contributed by atoms with Crippen LogP contribution < -0.4 is 15.5 Å². The molecule has 1 aliphatic heterocycles. The topological polar surface area (TPSA) is 80.6 Å². The van der Waals surface area contributed by atoms with Crippen molar-refractivity contribution < 1.29 is 14.3 Å². The van der Waals surface area contributed by atoms with E-state index in [2.05, 4.69) is 26.1 Å². The summed E-state index contributed by atoms with van der Waals surface area (Å²) in [5.41, 5.74) is 0.399. The first kappa shape index (κ1) is 24.6. The highest BCUT2D eigenvalue weighted by atomic mass is 16.5. The zero-order chi connectivity index (χ0) is 24.0. The summed E-state index contributed by atoms with van der Waals surface area (Å²) in [6, 6.07) is 7.57. The number of amides is 2. The summed E-state index contributed by atoms with van der Waals surface area (Å²) in [7, 11) is 1.60. The number of hydrogen-bond acceptors (Lipinski definition) is 4. The molecule has 2 amide bonds. The van der Waals surface area contributed by atoms with Crippen LogP contribution in [0.4, 0.5) is 0 Å². The average molecular weight is 454 g/mol. The Hall–Kier alpha value is -3.09. The summed E-state index contributed by atoms with van der Waals surface area (Å²) in [6.07, 6.45) is 5.90. The third kappa shape index (κ3) is 6.24. The molecule has 33 heavy (non-hydrogen) atoms.